The van der Waals surface area contributed by atoms with Gasteiger partial charge in [-0.2, -0.15) is 0 Å². The molecule has 5 atom stereocenters. The van der Waals surface area contributed by atoms with Crippen LogP contribution in [-0.2, 0) is 25.4 Å². The van der Waals surface area contributed by atoms with E-state index in [2.05, 4.69) is 15.3 Å². The first kappa shape index (κ1) is 20.8. The number of carbonyl (C=O) groups is 1. The standard InChI is InChI=1S/C17H29N3O6/c1-11-13(21)14(22)15(24-2)16(26-11)17(23)25-8-4-7-18-6-3-5-12-9-19-10-20-12/h9-11,13-16,18,21-22H,3-8H2,1-2H3,(H,19,20)/t11-,13+,14+,15-,16-/m0/s1. The number of nitrogens with zero attached hydrogens (tertiary/aromatic N) is 1. The van der Waals surface area contributed by atoms with Gasteiger partial charge < -0.3 is 34.7 Å². The highest BCUT2D eigenvalue weighted by molar-refractivity contribution is 5.75. The fourth-order valence-corrected chi connectivity index (χ4v) is 2.90. The van der Waals surface area contributed by atoms with Crippen LogP contribution in [0, 0.1) is 0 Å². The summed E-state index contributed by atoms with van der Waals surface area (Å²) in [5.74, 6) is -0.589. The predicted octanol–water partition coefficient (Wildman–Crippen LogP) is -0.611. The van der Waals surface area contributed by atoms with Crippen molar-refractivity contribution in [2.75, 3.05) is 26.8 Å². The van der Waals surface area contributed by atoms with Crippen molar-refractivity contribution in [3.8, 4) is 0 Å². The number of ether oxygens (including phenoxy) is 3. The SMILES string of the molecule is CO[C@H]1[C@H](O)[C@H](O)[C@H](C)O[C@@H]1C(=O)OCCCNCCCc1cnc[nH]1. The van der Waals surface area contributed by atoms with Crippen LogP contribution in [0.3, 0.4) is 0 Å². The van der Waals surface area contributed by atoms with Crippen LogP contribution in [0.25, 0.3) is 0 Å². The summed E-state index contributed by atoms with van der Waals surface area (Å²) in [7, 11) is 1.35. The van der Waals surface area contributed by atoms with Gasteiger partial charge in [0.25, 0.3) is 0 Å². The van der Waals surface area contributed by atoms with Crippen molar-refractivity contribution >= 4 is 5.97 Å². The number of aromatic amines is 1. The summed E-state index contributed by atoms with van der Waals surface area (Å²) in [6, 6.07) is 0. The normalized spacial score (nSPS) is 28.8. The molecule has 9 nitrogen and oxygen atoms in total. The Hall–Kier alpha value is -1.52. The fourth-order valence-electron chi connectivity index (χ4n) is 2.90. The minimum Gasteiger partial charge on any atom is -0.464 e. The highest BCUT2D eigenvalue weighted by Gasteiger charge is 2.46. The third-order valence-electron chi connectivity index (χ3n) is 4.43. The van der Waals surface area contributed by atoms with E-state index < -0.39 is 36.5 Å². The maximum Gasteiger partial charge on any atom is 0.338 e. The number of hydrogen-bond acceptors (Lipinski definition) is 8. The number of rotatable bonds is 10. The third-order valence-corrected chi connectivity index (χ3v) is 4.43. The molecule has 0 amide bonds. The van der Waals surface area contributed by atoms with E-state index in [4.69, 9.17) is 14.2 Å². The maximum atomic E-state index is 12.2. The van der Waals surface area contributed by atoms with E-state index >= 15 is 0 Å². The monoisotopic (exact) mass is 371 g/mol. The molecule has 148 valence electrons. The molecule has 0 aliphatic carbocycles. The molecular weight excluding hydrogens is 342 g/mol. The summed E-state index contributed by atoms with van der Waals surface area (Å²) in [5, 5.41) is 23.1. The summed E-state index contributed by atoms with van der Waals surface area (Å²) in [5.41, 5.74) is 1.11. The number of aromatic nitrogens is 2. The Labute approximate surface area is 153 Å². The van der Waals surface area contributed by atoms with E-state index in [1.165, 1.54) is 7.11 Å². The Morgan fingerprint density at radius 2 is 2.12 bits per heavy atom. The Balaban J connectivity index is 1.59. The number of nitrogens with one attached hydrogen (secondary N) is 2. The molecule has 0 radical (unpaired) electrons. The summed E-state index contributed by atoms with van der Waals surface area (Å²) in [6.45, 7) is 3.43. The van der Waals surface area contributed by atoms with E-state index in [0.717, 1.165) is 31.6 Å². The summed E-state index contributed by atoms with van der Waals surface area (Å²) in [4.78, 5) is 19.2. The van der Waals surface area contributed by atoms with E-state index in [1.54, 1.807) is 13.3 Å². The van der Waals surface area contributed by atoms with Crippen LogP contribution in [0.4, 0.5) is 0 Å². The van der Waals surface area contributed by atoms with Crippen molar-refractivity contribution in [1.29, 1.82) is 0 Å². The van der Waals surface area contributed by atoms with Crippen LogP contribution in [0.2, 0.25) is 0 Å². The van der Waals surface area contributed by atoms with Crippen molar-refractivity contribution < 1.29 is 29.2 Å². The zero-order valence-electron chi connectivity index (χ0n) is 15.3. The van der Waals surface area contributed by atoms with Gasteiger partial charge in [-0.3, -0.25) is 0 Å². The molecule has 1 aromatic rings. The Morgan fingerprint density at radius 1 is 1.35 bits per heavy atom. The average molecular weight is 371 g/mol. The van der Waals surface area contributed by atoms with Gasteiger partial charge in [-0.25, -0.2) is 9.78 Å². The number of aliphatic hydroxyl groups is 2. The lowest BCUT2D eigenvalue weighted by molar-refractivity contribution is -0.232. The fraction of sp³-hybridized carbons (Fsp3) is 0.765. The molecular formula is C17H29N3O6. The first-order valence-corrected chi connectivity index (χ1v) is 8.93. The largest absolute Gasteiger partial charge is 0.464 e. The first-order valence-electron chi connectivity index (χ1n) is 8.93. The van der Waals surface area contributed by atoms with Crippen LogP contribution < -0.4 is 5.32 Å². The van der Waals surface area contributed by atoms with Gasteiger partial charge in [0.2, 0.25) is 0 Å². The summed E-state index contributed by atoms with van der Waals surface area (Å²) < 4.78 is 15.8. The second-order valence-electron chi connectivity index (χ2n) is 6.39. The lowest BCUT2D eigenvalue weighted by Crippen LogP contribution is -2.59. The maximum absolute atomic E-state index is 12.2. The zero-order chi connectivity index (χ0) is 18.9. The van der Waals surface area contributed by atoms with Crippen molar-refractivity contribution in [3.63, 3.8) is 0 Å². The molecule has 1 aliphatic rings. The Bertz CT molecular complexity index is 527. The van der Waals surface area contributed by atoms with Crippen molar-refractivity contribution in [1.82, 2.24) is 15.3 Å². The second kappa shape index (κ2) is 10.6. The Kier molecular flexibility index (Phi) is 8.46. The van der Waals surface area contributed by atoms with Gasteiger partial charge in [0.15, 0.2) is 6.10 Å². The molecule has 2 heterocycles. The molecule has 1 saturated heterocycles. The summed E-state index contributed by atoms with van der Waals surface area (Å²) in [6.07, 6.45) is 1.11. The van der Waals surface area contributed by atoms with Crippen molar-refractivity contribution in [2.45, 2.75) is 56.7 Å². The zero-order valence-corrected chi connectivity index (χ0v) is 15.3. The molecule has 1 aliphatic heterocycles. The molecule has 1 fully saturated rings. The number of carbonyl (C=O) groups excluding carboxylic acids is 1. The molecule has 9 heteroatoms. The lowest BCUT2D eigenvalue weighted by atomic mass is 9.95. The number of aryl methyl sites for hydroxylation is 1. The predicted molar refractivity (Wildman–Crippen MR) is 92.5 cm³/mol. The quantitative estimate of drug-likeness (QED) is 0.317. The molecule has 4 N–H and O–H groups in total. The molecule has 1 aromatic heterocycles. The second-order valence-corrected chi connectivity index (χ2v) is 6.39. The highest BCUT2D eigenvalue weighted by Crippen LogP contribution is 2.23. The van der Waals surface area contributed by atoms with Gasteiger partial charge in [-0.15, -0.1) is 0 Å². The number of H-pyrrole nitrogens is 1. The van der Waals surface area contributed by atoms with Crippen molar-refractivity contribution in [3.05, 3.63) is 18.2 Å². The van der Waals surface area contributed by atoms with Crippen LogP contribution >= 0.6 is 0 Å². The molecule has 0 spiro atoms. The third kappa shape index (κ3) is 5.75. The number of imidazole rings is 1. The minimum absolute atomic E-state index is 0.246. The highest BCUT2D eigenvalue weighted by atomic mass is 16.6. The van der Waals surface area contributed by atoms with Crippen LogP contribution in [-0.4, -0.2) is 83.5 Å². The first-order chi connectivity index (χ1) is 12.5. The smallest absolute Gasteiger partial charge is 0.338 e. The van der Waals surface area contributed by atoms with E-state index in [1.807, 2.05) is 6.20 Å². The number of methoxy groups -OCH3 is 1. The average Bonchev–Trinajstić information content (AvgIpc) is 3.15. The lowest BCUT2D eigenvalue weighted by Gasteiger charge is -2.39. The number of aliphatic hydroxyl groups excluding tert-OH is 2. The Morgan fingerprint density at radius 3 is 2.81 bits per heavy atom. The van der Waals surface area contributed by atoms with Gasteiger partial charge in [-0.05, 0) is 39.3 Å². The van der Waals surface area contributed by atoms with Gasteiger partial charge in [0, 0.05) is 19.0 Å². The molecule has 0 aromatic carbocycles. The van der Waals surface area contributed by atoms with Crippen LogP contribution in [0.1, 0.15) is 25.5 Å². The van der Waals surface area contributed by atoms with E-state index in [-0.39, 0.29) is 6.61 Å². The van der Waals surface area contributed by atoms with Crippen LogP contribution in [0.15, 0.2) is 12.5 Å². The minimum atomic E-state index is -1.20. The topological polar surface area (TPSA) is 126 Å². The van der Waals surface area contributed by atoms with Crippen molar-refractivity contribution in [2.24, 2.45) is 0 Å². The van der Waals surface area contributed by atoms with Crippen LogP contribution in [0.5, 0.6) is 0 Å². The number of esters is 1. The van der Waals surface area contributed by atoms with Gasteiger partial charge in [-0.1, -0.05) is 0 Å². The number of hydrogen-bond donors (Lipinski definition) is 4. The van der Waals surface area contributed by atoms with E-state index in [0.29, 0.717) is 6.42 Å². The molecule has 26 heavy (non-hydrogen) atoms. The molecule has 2 rings (SSSR count). The van der Waals surface area contributed by atoms with E-state index in [9.17, 15) is 15.0 Å². The van der Waals surface area contributed by atoms with Gasteiger partial charge >= 0.3 is 5.97 Å². The molecule has 0 saturated carbocycles. The van der Waals surface area contributed by atoms with Gasteiger partial charge in [0.1, 0.15) is 18.3 Å². The molecule has 0 unspecified atom stereocenters. The molecule has 0 bridgehead atoms. The van der Waals surface area contributed by atoms with Gasteiger partial charge in [0.05, 0.1) is 19.0 Å². The summed E-state index contributed by atoms with van der Waals surface area (Å²) >= 11 is 0.